The van der Waals surface area contributed by atoms with Gasteiger partial charge in [-0.1, -0.05) is 26.0 Å². The quantitative estimate of drug-likeness (QED) is 0.685. The van der Waals surface area contributed by atoms with Gasteiger partial charge in [-0.2, -0.15) is 0 Å². The molecular formula is C17H29ClN2O2. The van der Waals surface area contributed by atoms with Crippen LogP contribution in [0.1, 0.15) is 38.7 Å². The Hall–Kier alpha value is -1.26. The summed E-state index contributed by atoms with van der Waals surface area (Å²) in [4.78, 5) is 11.8. The van der Waals surface area contributed by atoms with Crippen LogP contribution in [0.4, 0.5) is 0 Å². The molecule has 0 fully saturated rings. The lowest BCUT2D eigenvalue weighted by Crippen LogP contribution is -2.41. The predicted molar refractivity (Wildman–Crippen MR) is 93.6 cm³/mol. The van der Waals surface area contributed by atoms with Crippen molar-refractivity contribution in [2.24, 2.45) is 11.7 Å². The molecule has 0 saturated heterocycles. The van der Waals surface area contributed by atoms with Gasteiger partial charge in [-0.15, -0.1) is 12.4 Å². The molecule has 22 heavy (non-hydrogen) atoms. The van der Waals surface area contributed by atoms with Crippen LogP contribution in [-0.2, 0) is 4.79 Å². The van der Waals surface area contributed by atoms with Crippen molar-refractivity contribution in [3.8, 4) is 5.75 Å². The molecule has 126 valence electrons. The van der Waals surface area contributed by atoms with Gasteiger partial charge in [0.15, 0.2) is 0 Å². The number of halogens is 1. The van der Waals surface area contributed by atoms with Gasteiger partial charge in [0.05, 0.1) is 6.61 Å². The number of carbonyl (C=O) groups is 1. The average Bonchev–Trinajstić information content (AvgIpc) is 2.42. The fraction of sp³-hybridized carbons (Fsp3) is 0.588. The van der Waals surface area contributed by atoms with Crippen LogP contribution in [0.25, 0.3) is 0 Å². The lowest BCUT2D eigenvalue weighted by Gasteiger charge is -2.18. The van der Waals surface area contributed by atoms with Gasteiger partial charge in [-0.25, -0.2) is 0 Å². The molecule has 0 heterocycles. The molecule has 3 N–H and O–H groups in total. The fourth-order valence-electron chi connectivity index (χ4n) is 2.21. The molecule has 1 aromatic rings. The van der Waals surface area contributed by atoms with Crippen molar-refractivity contribution >= 4 is 18.3 Å². The molecule has 0 bridgehead atoms. The van der Waals surface area contributed by atoms with E-state index in [-0.39, 0.29) is 24.4 Å². The van der Waals surface area contributed by atoms with E-state index < -0.39 is 0 Å². The summed E-state index contributed by atoms with van der Waals surface area (Å²) in [5, 5.41) is 2.99. The molecule has 5 heteroatoms. The Morgan fingerprint density at radius 3 is 2.68 bits per heavy atom. The minimum absolute atomic E-state index is 0. The van der Waals surface area contributed by atoms with E-state index in [1.54, 1.807) is 0 Å². The van der Waals surface area contributed by atoms with Crippen LogP contribution in [0.5, 0.6) is 5.75 Å². The minimum atomic E-state index is 0. The van der Waals surface area contributed by atoms with Crippen LogP contribution in [0.3, 0.4) is 0 Å². The van der Waals surface area contributed by atoms with Crippen LogP contribution in [-0.4, -0.2) is 25.1 Å². The Morgan fingerprint density at radius 2 is 2.09 bits per heavy atom. The van der Waals surface area contributed by atoms with Gasteiger partial charge in [0, 0.05) is 19.0 Å². The number of amides is 1. The second kappa shape index (κ2) is 11.3. The Bertz CT molecular complexity index is 438. The molecule has 0 aromatic heterocycles. The van der Waals surface area contributed by atoms with E-state index in [4.69, 9.17) is 10.5 Å². The summed E-state index contributed by atoms with van der Waals surface area (Å²) in [5.74, 6) is 1.44. The van der Waals surface area contributed by atoms with Crippen molar-refractivity contribution in [2.45, 2.75) is 46.1 Å². The van der Waals surface area contributed by atoms with Crippen molar-refractivity contribution in [1.82, 2.24) is 5.32 Å². The largest absolute Gasteiger partial charge is 0.494 e. The maximum Gasteiger partial charge on any atom is 0.220 e. The van der Waals surface area contributed by atoms with Gasteiger partial charge in [0.25, 0.3) is 0 Å². The third-order valence-electron chi connectivity index (χ3n) is 3.21. The first-order valence-electron chi connectivity index (χ1n) is 7.70. The summed E-state index contributed by atoms with van der Waals surface area (Å²) >= 11 is 0. The third kappa shape index (κ3) is 8.90. The summed E-state index contributed by atoms with van der Waals surface area (Å²) in [7, 11) is 0. The number of rotatable bonds is 9. The van der Waals surface area contributed by atoms with Gasteiger partial charge in [0.2, 0.25) is 5.91 Å². The van der Waals surface area contributed by atoms with E-state index >= 15 is 0 Å². The Balaban J connectivity index is 0.00000441. The van der Waals surface area contributed by atoms with Gasteiger partial charge in [-0.3, -0.25) is 4.79 Å². The van der Waals surface area contributed by atoms with Crippen LogP contribution in [0, 0.1) is 12.8 Å². The number of benzene rings is 1. The highest BCUT2D eigenvalue weighted by molar-refractivity contribution is 5.85. The number of hydrogen-bond acceptors (Lipinski definition) is 3. The second-order valence-corrected chi connectivity index (χ2v) is 5.90. The van der Waals surface area contributed by atoms with Gasteiger partial charge in [-0.05, 0) is 43.4 Å². The van der Waals surface area contributed by atoms with Crippen molar-refractivity contribution in [2.75, 3.05) is 13.2 Å². The Morgan fingerprint density at radius 1 is 1.36 bits per heavy atom. The first-order valence-corrected chi connectivity index (χ1v) is 7.70. The molecule has 4 nitrogen and oxygen atoms in total. The standard InChI is InChI=1S/C17H28N2O2.ClH/c1-13(2)10-15(12-18)19-17(20)8-5-9-21-16-7-4-6-14(3)11-16;/h4,6-7,11,13,15H,5,8-10,12,18H2,1-3H3,(H,19,20);1H. The highest BCUT2D eigenvalue weighted by atomic mass is 35.5. The molecule has 1 atom stereocenters. The minimum Gasteiger partial charge on any atom is -0.494 e. The van der Waals surface area contributed by atoms with E-state index in [9.17, 15) is 4.79 Å². The van der Waals surface area contributed by atoms with Crippen molar-refractivity contribution < 1.29 is 9.53 Å². The molecule has 0 saturated carbocycles. The van der Waals surface area contributed by atoms with Gasteiger partial charge < -0.3 is 15.8 Å². The summed E-state index contributed by atoms with van der Waals surface area (Å²) < 4.78 is 5.63. The summed E-state index contributed by atoms with van der Waals surface area (Å²) in [5.41, 5.74) is 6.85. The zero-order chi connectivity index (χ0) is 15.7. The normalized spacial score (nSPS) is 11.7. The van der Waals surface area contributed by atoms with Crippen molar-refractivity contribution in [1.29, 1.82) is 0 Å². The third-order valence-corrected chi connectivity index (χ3v) is 3.21. The number of carbonyl (C=O) groups excluding carboxylic acids is 1. The molecule has 0 radical (unpaired) electrons. The van der Waals surface area contributed by atoms with E-state index in [0.717, 1.165) is 12.2 Å². The summed E-state index contributed by atoms with van der Waals surface area (Å²) in [6, 6.07) is 8.00. The van der Waals surface area contributed by atoms with E-state index in [1.807, 2.05) is 31.2 Å². The zero-order valence-corrected chi connectivity index (χ0v) is 14.6. The van der Waals surface area contributed by atoms with E-state index in [2.05, 4.69) is 19.2 Å². The van der Waals surface area contributed by atoms with E-state index in [1.165, 1.54) is 5.56 Å². The SMILES string of the molecule is Cc1cccc(OCCCC(=O)NC(CN)CC(C)C)c1.Cl. The lowest BCUT2D eigenvalue weighted by molar-refractivity contribution is -0.122. The number of ether oxygens (including phenoxy) is 1. The lowest BCUT2D eigenvalue weighted by atomic mass is 10.0. The van der Waals surface area contributed by atoms with Gasteiger partial charge >= 0.3 is 0 Å². The molecule has 1 unspecified atom stereocenters. The number of nitrogens with two attached hydrogens (primary N) is 1. The van der Waals surface area contributed by atoms with Gasteiger partial charge in [0.1, 0.15) is 5.75 Å². The van der Waals surface area contributed by atoms with Crippen molar-refractivity contribution in [3.63, 3.8) is 0 Å². The first-order chi connectivity index (χ1) is 10.0. The second-order valence-electron chi connectivity index (χ2n) is 5.90. The monoisotopic (exact) mass is 328 g/mol. The molecule has 0 spiro atoms. The number of aryl methyl sites for hydroxylation is 1. The van der Waals surface area contributed by atoms with E-state index in [0.29, 0.717) is 31.9 Å². The topological polar surface area (TPSA) is 64.3 Å². The Labute approximate surface area is 140 Å². The fourth-order valence-corrected chi connectivity index (χ4v) is 2.21. The molecule has 1 aromatic carbocycles. The number of nitrogens with one attached hydrogen (secondary N) is 1. The van der Waals surface area contributed by atoms with Crippen LogP contribution in [0.15, 0.2) is 24.3 Å². The smallest absolute Gasteiger partial charge is 0.220 e. The molecule has 1 amide bonds. The van der Waals surface area contributed by atoms with Crippen molar-refractivity contribution in [3.05, 3.63) is 29.8 Å². The highest BCUT2D eigenvalue weighted by Crippen LogP contribution is 2.12. The predicted octanol–water partition coefficient (Wildman–Crippen LogP) is 3.07. The van der Waals surface area contributed by atoms with Crippen LogP contribution < -0.4 is 15.8 Å². The molecule has 1 rings (SSSR count). The maximum atomic E-state index is 11.8. The maximum absolute atomic E-state index is 11.8. The summed E-state index contributed by atoms with van der Waals surface area (Å²) in [6.45, 7) is 7.33. The molecule has 0 aliphatic heterocycles. The number of hydrogen-bond donors (Lipinski definition) is 2. The molecule has 0 aliphatic rings. The zero-order valence-electron chi connectivity index (χ0n) is 13.8. The van der Waals surface area contributed by atoms with Crippen LogP contribution in [0.2, 0.25) is 0 Å². The van der Waals surface area contributed by atoms with Crippen LogP contribution >= 0.6 is 12.4 Å². The average molecular weight is 329 g/mol. The molecular weight excluding hydrogens is 300 g/mol. The first kappa shape index (κ1) is 20.7. The Kier molecular flexibility index (Phi) is 10.7. The highest BCUT2D eigenvalue weighted by Gasteiger charge is 2.12. The molecule has 0 aliphatic carbocycles. The summed E-state index contributed by atoms with van der Waals surface area (Å²) in [6.07, 6.45) is 2.10.